The van der Waals surface area contributed by atoms with Crippen molar-refractivity contribution in [1.82, 2.24) is 10.2 Å². The zero-order chi connectivity index (χ0) is 20.0. The summed E-state index contributed by atoms with van der Waals surface area (Å²) in [5.74, 6) is -2.58. The first-order chi connectivity index (χ1) is 12.8. The molecule has 0 radical (unpaired) electrons. The number of esters is 1. The highest BCUT2D eigenvalue weighted by Crippen LogP contribution is 2.16. The minimum absolute atomic E-state index is 0.131. The molecule has 1 aromatic rings. The van der Waals surface area contributed by atoms with Crippen LogP contribution >= 0.6 is 0 Å². The van der Waals surface area contributed by atoms with E-state index in [-0.39, 0.29) is 30.0 Å². The molecule has 2 rings (SSSR count). The Bertz CT molecular complexity index is 692. The molecule has 2 atom stereocenters. The van der Waals surface area contributed by atoms with E-state index in [1.807, 2.05) is 6.92 Å². The number of benzene rings is 1. The normalized spacial score (nSPS) is 18.1. The fourth-order valence-electron chi connectivity index (χ4n) is 3.14. The van der Waals surface area contributed by atoms with Gasteiger partial charge in [-0.3, -0.25) is 9.59 Å². The number of ether oxygens (including phenoxy) is 1. The number of hydrogen-bond donors (Lipinski definition) is 1. The van der Waals surface area contributed by atoms with Gasteiger partial charge in [0.2, 0.25) is 0 Å². The van der Waals surface area contributed by atoms with Crippen LogP contribution in [0.5, 0.6) is 0 Å². The summed E-state index contributed by atoms with van der Waals surface area (Å²) in [6.07, 6.45) is 2.96. The molecule has 1 heterocycles. The van der Waals surface area contributed by atoms with Crippen molar-refractivity contribution >= 4 is 17.8 Å². The average Bonchev–Trinajstić information content (AvgIpc) is 2.64. The molecule has 0 bridgehead atoms. The van der Waals surface area contributed by atoms with Crippen LogP contribution < -0.4 is 5.32 Å². The lowest BCUT2D eigenvalue weighted by molar-refractivity contribution is -0.155. The Balaban J connectivity index is 1.95. The largest absolute Gasteiger partial charge is 0.454 e. The second-order valence-corrected chi connectivity index (χ2v) is 7.21. The summed E-state index contributed by atoms with van der Waals surface area (Å²) >= 11 is 0. The molecule has 1 unspecified atom stereocenters. The molecule has 0 spiro atoms. The number of rotatable bonds is 6. The summed E-state index contributed by atoms with van der Waals surface area (Å²) in [4.78, 5) is 38.7. The van der Waals surface area contributed by atoms with E-state index in [9.17, 15) is 18.8 Å². The Morgan fingerprint density at radius 3 is 2.59 bits per heavy atom. The van der Waals surface area contributed by atoms with E-state index >= 15 is 0 Å². The van der Waals surface area contributed by atoms with Crippen molar-refractivity contribution in [1.29, 1.82) is 0 Å². The molecule has 1 fully saturated rings. The Labute approximate surface area is 159 Å². The molecule has 27 heavy (non-hydrogen) atoms. The third kappa shape index (κ3) is 5.52. The predicted molar refractivity (Wildman–Crippen MR) is 98.5 cm³/mol. The molecule has 1 aliphatic heterocycles. The smallest absolute Gasteiger partial charge is 0.329 e. The molecule has 1 saturated heterocycles. The molecule has 7 heteroatoms. The van der Waals surface area contributed by atoms with Crippen molar-refractivity contribution in [3.8, 4) is 0 Å². The van der Waals surface area contributed by atoms with Gasteiger partial charge in [0.25, 0.3) is 11.8 Å². The number of halogens is 1. The molecule has 6 nitrogen and oxygen atoms in total. The van der Waals surface area contributed by atoms with Crippen molar-refractivity contribution in [2.75, 3.05) is 13.2 Å². The fraction of sp³-hybridized carbons (Fsp3) is 0.550. The number of amides is 2. The second kappa shape index (κ2) is 9.48. The molecule has 1 aromatic carbocycles. The zero-order valence-corrected chi connectivity index (χ0v) is 16.0. The third-order valence-electron chi connectivity index (χ3n) is 4.79. The Morgan fingerprint density at radius 2 is 1.96 bits per heavy atom. The van der Waals surface area contributed by atoms with Gasteiger partial charge in [-0.25, -0.2) is 9.18 Å². The summed E-state index contributed by atoms with van der Waals surface area (Å²) in [7, 11) is 0. The van der Waals surface area contributed by atoms with Gasteiger partial charge in [0.15, 0.2) is 6.61 Å². The van der Waals surface area contributed by atoms with Crippen LogP contribution in [0.15, 0.2) is 24.3 Å². The first-order valence-corrected chi connectivity index (χ1v) is 9.32. The lowest BCUT2D eigenvalue weighted by atomic mass is 10.0. The molecule has 0 saturated carbocycles. The van der Waals surface area contributed by atoms with Crippen molar-refractivity contribution < 1.29 is 23.5 Å². The van der Waals surface area contributed by atoms with E-state index < -0.39 is 23.7 Å². The van der Waals surface area contributed by atoms with Gasteiger partial charge in [-0.2, -0.15) is 0 Å². The van der Waals surface area contributed by atoms with E-state index in [4.69, 9.17) is 4.74 Å². The van der Waals surface area contributed by atoms with E-state index in [2.05, 4.69) is 5.32 Å². The van der Waals surface area contributed by atoms with E-state index in [0.717, 1.165) is 19.3 Å². The van der Waals surface area contributed by atoms with Crippen molar-refractivity contribution in [2.45, 2.75) is 52.1 Å². The molecule has 1 aliphatic rings. The highest BCUT2D eigenvalue weighted by molar-refractivity contribution is 5.97. The molecule has 148 valence electrons. The van der Waals surface area contributed by atoms with E-state index in [0.29, 0.717) is 6.54 Å². The van der Waals surface area contributed by atoms with E-state index in [1.54, 1.807) is 24.8 Å². The van der Waals surface area contributed by atoms with Gasteiger partial charge < -0.3 is 15.0 Å². The maximum Gasteiger partial charge on any atom is 0.329 e. The van der Waals surface area contributed by atoms with Crippen LogP contribution in [0.4, 0.5) is 4.39 Å². The average molecular weight is 378 g/mol. The highest BCUT2D eigenvalue weighted by Gasteiger charge is 2.29. The quantitative estimate of drug-likeness (QED) is 0.772. The number of piperidine rings is 1. The standard InChI is InChI=1S/C20H27FN2O4/c1-13(2)18(22-19(25)15-9-4-5-10-16(15)21)20(26)27-12-17(24)23-11-7-6-8-14(23)3/h4-5,9-10,13-14,18H,6-8,11-12H2,1-3H3,(H,22,25)/t14?,18-/m0/s1. The summed E-state index contributed by atoms with van der Waals surface area (Å²) in [6, 6.07) is 4.70. The maximum absolute atomic E-state index is 13.8. The number of nitrogens with zero attached hydrogens (tertiary/aromatic N) is 1. The molecule has 1 N–H and O–H groups in total. The minimum atomic E-state index is -0.969. The van der Waals surface area contributed by atoms with Crippen LogP contribution in [-0.4, -0.2) is 47.9 Å². The number of carbonyl (C=O) groups is 3. The van der Waals surface area contributed by atoms with Gasteiger partial charge in [-0.15, -0.1) is 0 Å². The van der Waals surface area contributed by atoms with Crippen LogP contribution in [0.25, 0.3) is 0 Å². The Morgan fingerprint density at radius 1 is 1.26 bits per heavy atom. The summed E-state index contributed by atoms with van der Waals surface area (Å²) in [5.41, 5.74) is -0.144. The molecular formula is C20H27FN2O4. The Kier molecular flexibility index (Phi) is 7.33. The SMILES string of the molecule is CC(C)[C@H](NC(=O)c1ccccc1F)C(=O)OCC(=O)N1CCCCC1C. The lowest BCUT2D eigenvalue weighted by Crippen LogP contribution is -2.48. The van der Waals surface area contributed by atoms with Gasteiger partial charge >= 0.3 is 5.97 Å². The monoisotopic (exact) mass is 378 g/mol. The van der Waals surface area contributed by atoms with Gasteiger partial charge in [0.1, 0.15) is 11.9 Å². The zero-order valence-electron chi connectivity index (χ0n) is 16.0. The first kappa shape index (κ1) is 20.9. The topological polar surface area (TPSA) is 75.7 Å². The molecular weight excluding hydrogens is 351 g/mol. The predicted octanol–water partition coefficient (Wildman–Crippen LogP) is 2.52. The van der Waals surface area contributed by atoms with E-state index in [1.165, 1.54) is 18.2 Å². The summed E-state index contributed by atoms with van der Waals surface area (Å²) in [6.45, 7) is 5.76. The summed E-state index contributed by atoms with van der Waals surface area (Å²) in [5, 5.41) is 2.51. The van der Waals surface area contributed by atoms with Crippen molar-refractivity contribution in [3.05, 3.63) is 35.6 Å². The van der Waals surface area contributed by atoms with Crippen molar-refractivity contribution in [2.24, 2.45) is 5.92 Å². The van der Waals surface area contributed by atoms with Crippen LogP contribution in [0.3, 0.4) is 0 Å². The maximum atomic E-state index is 13.8. The number of carbonyl (C=O) groups excluding carboxylic acids is 3. The van der Waals surface area contributed by atoms with Crippen molar-refractivity contribution in [3.63, 3.8) is 0 Å². The number of nitrogens with one attached hydrogen (secondary N) is 1. The van der Waals surface area contributed by atoms with Crippen LogP contribution in [-0.2, 0) is 14.3 Å². The highest BCUT2D eigenvalue weighted by atomic mass is 19.1. The fourth-order valence-corrected chi connectivity index (χ4v) is 3.14. The number of hydrogen-bond acceptors (Lipinski definition) is 4. The number of likely N-dealkylation sites (tertiary alicyclic amines) is 1. The van der Waals surface area contributed by atoms with Gasteiger partial charge in [-0.1, -0.05) is 26.0 Å². The lowest BCUT2D eigenvalue weighted by Gasteiger charge is -2.33. The van der Waals surface area contributed by atoms with Crippen LogP contribution in [0, 0.1) is 11.7 Å². The summed E-state index contributed by atoms with van der Waals surface area (Å²) < 4.78 is 18.9. The second-order valence-electron chi connectivity index (χ2n) is 7.21. The van der Waals surface area contributed by atoms with Gasteiger partial charge in [-0.05, 0) is 44.2 Å². The molecule has 2 amide bonds. The van der Waals surface area contributed by atoms with Gasteiger partial charge in [0, 0.05) is 12.6 Å². The van der Waals surface area contributed by atoms with Gasteiger partial charge in [0.05, 0.1) is 5.56 Å². The minimum Gasteiger partial charge on any atom is -0.454 e. The Hall–Kier alpha value is -2.44. The third-order valence-corrected chi connectivity index (χ3v) is 4.79. The van der Waals surface area contributed by atoms with Crippen LogP contribution in [0.1, 0.15) is 50.4 Å². The first-order valence-electron chi connectivity index (χ1n) is 9.32. The molecule has 0 aliphatic carbocycles. The molecule has 0 aromatic heterocycles. The van der Waals surface area contributed by atoms with Crippen LogP contribution in [0.2, 0.25) is 0 Å².